The molecule has 0 atom stereocenters. The molecule has 0 amide bonds. The predicted octanol–water partition coefficient (Wildman–Crippen LogP) is 4.26. The van der Waals surface area contributed by atoms with E-state index >= 15 is 0 Å². The van der Waals surface area contributed by atoms with Crippen molar-refractivity contribution in [2.45, 2.75) is 0 Å². The maximum absolute atomic E-state index is 5.31. The van der Waals surface area contributed by atoms with Gasteiger partial charge in [0.25, 0.3) is 0 Å². The summed E-state index contributed by atoms with van der Waals surface area (Å²) in [4.78, 5) is 4.27. The summed E-state index contributed by atoms with van der Waals surface area (Å²) in [5.41, 5.74) is 2.69. The molecule has 0 unspecified atom stereocenters. The van der Waals surface area contributed by atoms with E-state index in [0.29, 0.717) is 0 Å². The van der Waals surface area contributed by atoms with Crippen LogP contribution in [0, 0.1) is 0 Å². The van der Waals surface area contributed by atoms with Gasteiger partial charge in [-0.3, -0.25) is 4.98 Å². The maximum atomic E-state index is 5.31. The molecular formula is C19H17N3O. The van der Waals surface area contributed by atoms with E-state index in [1.54, 1.807) is 19.5 Å². The molecular weight excluding hydrogens is 286 g/mol. The van der Waals surface area contributed by atoms with Gasteiger partial charge in [0.15, 0.2) is 0 Å². The average Bonchev–Trinajstić information content (AvgIpc) is 2.64. The maximum Gasteiger partial charge on any atom is 0.121 e. The van der Waals surface area contributed by atoms with E-state index in [-0.39, 0.29) is 0 Å². The third-order valence-electron chi connectivity index (χ3n) is 3.29. The lowest BCUT2D eigenvalue weighted by atomic mass is 10.2. The number of hydrogen-bond donors (Lipinski definition) is 0. The third kappa shape index (κ3) is 3.74. The fourth-order valence-corrected chi connectivity index (χ4v) is 2.16. The van der Waals surface area contributed by atoms with Crippen LogP contribution in [0.25, 0.3) is 0 Å². The highest BCUT2D eigenvalue weighted by atomic mass is 16.5. The van der Waals surface area contributed by atoms with Crippen LogP contribution in [0.15, 0.2) is 84.1 Å². The molecule has 0 saturated heterocycles. The zero-order chi connectivity index (χ0) is 15.9. The highest BCUT2D eigenvalue weighted by Gasteiger charge is 2.08. The Morgan fingerprint density at radius 1 is 0.913 bits per heavy atom. The number of para-hydroxylation sites is 1. The van der Waals surface area contributed by atoms with Crippen LogP contribution in [0.4, 0.5) is 11.4 Å². The van der Waals surface area contributed by atoms with Gasteiger partial charge in [-0.15, -0.1) is 0 Å². The van der Waals surface area contributed by atoms with Crippen LogP contribution in [-0.2, 0) is 0 Å². The van der Waals surface area contributed by atoms with Crippen LogP contribution in [0.2, 0.25) is 0 Å². The zero-order valence-electron chi connectivity index (χ0n) is 12.8. The number of hydrogen-bond acceptors (Lipinski definition) is 4. The summed E-state index contributed by atoms with van der Waals surface area (Å²) >= 11 is 0. The largest absolute Gasteiger partial charge is 0.497 e. The van der Waals surface area contributed by atoms with Crippen molar-refractivity contribution in [2.24, 2.45) is 5.10 Å². The van der Waals surface area contributed by atoms with Crippen LogP contribution in [0.5, 0.6) is 5.75 Å². The van der Waals surface area contributed by atoms with Gasteiger partial charge >= 0.3 is 0 Å². The number of methoxy groups -OCH3 is 1. The van der Waals surface area contributed by atoms with Gasteiger partial charge in [0.2, 0.25) is 0 Å². The molecule has 1 heterocycles. The van der Waals surface area contributed by atoms with Crippen molar-refractivity contribution in [1.82, 2.24) is 4.98 Å². The van der Waals surface area contributed by atoms with Crippen molar-refractivity contribution in [3.63, 3.8) is 0 Å². The normalized spacial score (nSPS) is 10.7. The summed E-state index contributed by atoms with van der Waals surface area (Å²) in [5, 5.41) is 6.46. The van der Waals surface area contributed by atoms with Crippen molar-refractivity contribution in [3.05, 3.63) is 84.7 Å². The molecule has 3 aromatic rings. The van der Waals surface area contributed by atoms with E-state index in [1.807, 2.05) is 77.8 Å². The molecule has 0 spiro atoms. The monoisotopic (exact) mass is 303 g/mol. The highest BCUT2D eigenvalue weighted by Crippen LogP contribution is 2.28. The molecule has 4 heteroatoms. The highest BCUT2D eigenvalue weighted by molar-refractivity contribution is 5.79. The van der Waals surface area contributed by atoms with E-state index in [9.17, 15) is 0 Å². The first-order valence-corrected chi connectivity index (χ1v) is 7.31. The van der Waals surface area contributed by atoms with Crippen molar-refractivity contribution in [1.29, 1.82) is 0 Å². The summed E-state index contributed by atoms with van der Waals surface area (Å²) < 4.78 is 5.31. The van der Waals surface area contributed by atoms with E-state index in [0.717, 1.165) is 22.8 Å². The molecule has 23 heavy (non-hydrogen) atoms. The molecule has 4 nitrogen and oxygen atoms in total. The zero-order valence-corrected chi connectivity index (χ0v) is 12.8. The number of pyridine rings is 1. The van der Waals surface area contributed by atoms with Gasteiger partial charge in [-0.1, -0.05) is 30.3 Å². The van der Waals surface area contributed by atoms with Gasteiger partial charge in [-0.05, 0) is 36.4 Å². The molecule has 0 saturated carbocycles. The minimum atomic E-state index is 0.788. The van der Waals surface area contributed by atoms with Crippen LogP contribution in [0.1, 0.15) is 5.69 Å². The second-order valence-electron chi connectivity index (χ2n) is 4.85. The third-order valence-corrected chi connectivity index (χ3v) is 3.29. The fraction of sp³-hybridized carbons (Fsp3) is 0.0526. The van der Waals surface area contributed by atoms with E-state index < -0.39 is 0 Å². The lowest BCUT2D eigenvalue weighted by Crippen LogP contribution is -2.09. The van der Waals surface area contributed by atoms with Crippen LogP contribution in [-0.4, -0.2) is 18.3 Å². The smallest absolute Gasteiger partial charge is 0.121 e. The van der Waals surface area contributed by atoms with Crippen molar-refractivity contribution >= 4 is 17.6 Å². The SMILES string of the molecule is COc1cccc(N(/N=C/c2ccccn2)c2ccccc2)c1. The van der Waals surface area contributed by atoms with Gasteiger partial charge in [-0.2, -0.15) is 5.10 Å². The number of ether oxygens (including phenoxy) is 1. The van der Waals surface area contributed by atoms with Gasteiger partial charge in [0.1, 0.15) is 5.75 Å². The number of aromatic nitrogens is 1. The number of benzene rings is 2. The molecule has 0 aliphatic heterocycles. The molecule has 3 rings (SSSR count). The Kier molecular flexibility index (Phi) is 4.64. The first kappa shape index (κ1) is 14.8. The van der Waals surface area contributed by atoms with E-state index in [1.165, 1.54) is 0 Å². The van der Waals surface area contributed by atoms with Gasteiger partial charge < -0.3 is 4.74 Å². The fourth-order valence-electron chi connectivity index (χ4n) is 2.16. The van der Waals surface area contributed by atoms with Gasteiger partial charge in [0.05, 0.1) is 30.4 Å². The van der Waals surface area contributed by atoms with E-state index in [4.69, 9.17) is 4.74 Å². The molecule has 0 fully saturated rings. The molecule has 2 aromatic carbocycles. The van der Waals surface area contributed by atoms with Crippen LogP contribution >= 0.6 is 0 Å². The number of nitrogens with zero attached hydrogens (tertiary/aromatic N) is 3. The Morgan fingerprint density at radius 2 is 1.70 bits per heavy atom. The Labute approximate surface area is 135 Å². The van der Waals surface area contributed by atoms with Gasteiger partial charge in [0, 0.05) is 12.3 Å². The second-order valence-corrected chi connectivity index (χ2v) is 4.85. The Balaban J connectivity index is 1.98. The first-order chi connectivity index (χ1) is 11.4. The minimum absolute atomic E-state index is 0.788. The Morgan fingerprint density at radius 3 is 2.43 bits per heavy atom. The Bertz CT molecular complexity index is 773. The molecule has 0 N–H and O–H groups in total. The van der Waals surface area contributed by atoms with Crippen LogP contribution < -0.4 is 9.75 Å². The standard InChI is InChI=1S/C19H17N3O/c1-23-19-12-7-11-18(14-19)22(17-9-3-2-4-10-17)21-15-16-8-5-6-13-20-16/h2-15H,1H3/b21-15+. The molecule has 0 aliphatic carbocycles. The minimum Gasteiger partial charge on any atom is -0.497 e. The molecule has 0 bridgehead atoms. The quantitative estimate of drug-likeness (QED) is 0.522. The summed E-state index contributed by atoms with van der Waals surface area (Å²) in [6.07, 6.45) is 3.49. The second kappa shape index (κ2) is 7.22. The average molecular weight is 303 g/mol. The number of anilines is 2. The van der Waals surface area contributed by atoms with Gasteiger partial charge in [-0.25, -0.2) is 5.01 Å². The lowest BCUT2D eigenvalue weighted by Gasteiger charge is -2.19. The first-order valence-electron chi connectivity index (χ1n) is 7.31. The molecule has 114 valence electrons. The summed E-state index contributed by atoms with van der Waals surface area (Å²) in [6, 6.07) is 23.5. The topological polar surface area (TPSA) is 37.7 Å². The van der Waals surface area contributed by atoms with Crippen molar-refractivity contribution < 1.29 is 4.74 Å². The molecule has 0 radical (unpaired) electrons. The Hall–Kier alpha value is -3.14. The number of rotatable bonds is 5. The number of hydrazone groups is 1. The summed E-state index contributed by atoms with van der Waals surface area (Å²) in [6.45, 7) is 0. The van der Waals surface area contributed by atoms with Crippen LogP contribution in [0.3, 0.4) is 0 Å². The molecule has 0 aliphatic rings. The lowest BCUT2D eigenvalue weighted by molar-refractivity contribution is 0.415. The molecule has 1 aromatic heterocycles. The van der Waals surface area contributed by atoms with Crippen molar-refractivity contribution in [3.8, 4) is 5.75 Å². The summed E-state index contributed by atoms with van der Waals surface area (Å²) in [5.74, 6) is 0.788. The van der Waals surface area contributed by atoms with E-state index in [2.05, 4.69) is 10.1 Å². The van der Waals surface area contributed by atoms with Crippen molar-refractivity contribution in [2.75, 3.05) is 12.1 Å². The summed E-state index contributed by atoms with van der Waals surface area (Å²) in [7, 11) is 1.66. The predicted molar refractivity (Wildman–Crippen MR) is 93.4 cm³/mol.